The second-order valence-corrected chi connectivity index (χ2v) is 11.6. The summed E-state index contributed by atoms with van der Waals surface area (Å²) in [4.78, 5) is 46.0. The average Bonchev–Trinajstić information content (AvgIpc) is 3.43. The highest BCUT2D eigenvalue weighted by Crippen LogP contribution is 2.35. The van der Waals surface area contributed by atoms with Crippen LogP contribution in [-0.2, 0) is 17.9 Å². The molecule has 0 bridgehead atoms. The van der Waals surface area contributed by atoms with Crippen molar-refractivity contribution in [1.29, 1.82) is 0 Å². The fraction of sp³-hybridized carbons (Fsp3) is 0.394. The van der Waals surface area contributed by atoms with Crippen LogP contribution in [0.4, 0.5) is 27.9 Å². The summed E-state index contributed by atoms with van der Waals surface area (Å²) in [6.45, 7) is 9.54. The molecular formula is C33H40N8O3. The molecule has 2 saturated heterocycles. The maximum atomic E-state index is 14.0. The highest BCUT2D eigenvalue weighted by atomic mass is 16.5. The second-order valence-electron chi connectivity index (χ2n) is 11.6. The fourth-order valence-electron chi connectivity index (χ4n) is 6.24. The Bertz CT molecular complexity index is 1520. The number of hydrogen-bond donors (Lipinski definition) is 1. The number of carbonyl (C=O) groups is 2. The highest BCUT2D eigenvalue weighted by molar-refractivity contribution is 5.95. The number of methoxy groups -OCH3 is 1. The zero-order valence-electron chi connectivity index (χ0n) is 25.5. The number of likely N-dealkylation sites (N-methyl/N-ethyl adjacent to an activating group) is 1. The molecule has 11 heteroatoms. The lowest BCUT2D eigenvalue weighted by molar-refractivity contribution is -0.125. The Labute approximate surface area is 258 Å². The Morgan fingerprint density at radius 3 is 2.75 bits per heavy atom. The van der Waals surface area contributed by atoms with Gasteiger partial charge in [-0.2, -0.15) is 4.98 Å². The van der Waals surface area contributed by atoms with E-state index in [2.05, 4.69) is 39.8 Å². The molecule has 2 fully saturated rings. The van der Waals surface area contributed by atoms with Crippen LogP contribution < -0.4 is 19.9 Å². The minimum absolute atomic E-state index is 0.131. The molecule has 3 amide bonds. The predicted molar refractivity (Wildman–Crippen MR) is 171 cm³/mol. The first kappa shape index (κ1) is 29.4. The molecule has 1 atom stereocenters. The zero-order valence-corrected chi connectivity index (χ0v) is 25.5. The van der Waals surface area contributed by atoms with Crippen LogP contribution in [-0.4, -0.2) is 96.1 Å². The van der Waals surface area contributed by atoms with Crippen LogP contribution >= 0.6 is 0 Å². The van der Waals surface area contributed by atoms with Gasteiger partial charge in [-0.1, -0.05) is 36.9 Å². The van der Waals surface area contributed by atoms with Gasteiger partial charge < -0.3 is 29.7 Å². The zero-order chi connectivity index (χ0) is 30.6. The van der Waals surface area contributed by atoms with Gasteiger partial charge in [0.1, 0.15) is 11.6 Å². The number of nitrogens with one attached hydrogen (secondary N) is 1. The number of likely N-dealkylation sites (tertiary alicyclic amines) is 1. The lowest BCUT2D eigenvalue weighted by atomic mass is 10.1. The first-order chi connectivity index (χ1) is 21.4. The van der Waals surface area contributed by atoms with Crippen molar-refractivity contribution in [3.63, 3.8) is 0 Å². The monoisotopic (exact) mass is 596 g/mol. The quantitative estimate of drug-likeness (QED) is 0.389. The topological polar surface area (TPSA) is 97.4 Å². The summed E-state index contributed by atoms with van der Waals surface area (Å²) in [6.07, 6.45) is 4.88. The number of nitrogens with zero attached hydrogens (tertiary/aromatic N) is 7. The summed E-state index contributed by atoms with van der Waals surface area (Å²) >= 11 is 0. The summed E-state index contributed by atoms with van der Waals surface area (Å²) in [5.41, 5.74) is 3.75. The number of amides is 3. The number of hydrogen-bond acceptors (Lipinski definition) is 8. The standard InChI is InChI=1S/C33H40N8O3/c1-4-30(42)39-16-13-27(23-39)41-31-25(22-40(33(41)43)21-24-9-6-5-7-10-24)20-34-32(36-31)35-28-12-11-26(19-29(28)44-3)38-15-8-14-37(2)17-18-38/h4-7,9-12,19-20,27H,1,8,13-18,21-23H2,2-3H3,(H,34,35,36)/t27-/m0/s1. The lowest BCUT2D eigenvalue weighted by Crippen LogP contribution is -2.52. The van der Waals surface area contributed by atoms with E-state index in [1.807, 2.05) is 47.4 Å². The van der Waals surface area contributed by atoms with Crippen LogP contribution in [0.5, 0.6) is 5.75 Å². The molecule has 44 heavy (non-hydrogen) atoms. The van der Waals surface area contributed by atoms with Crippen LogP contribution in [0.25, 0.3) is 0 Å². The normalized spacial score (nSPS) is 19.0. The van der Waals surface area contributed by atoms with Gasteiger partial charge in [-0.25, -0.2) is 9.78 Å². The molecule has 1 aromatic heterocycles. The molecule has 0 unspecified atom stereocenters. The van der Waals surface area contributed by atoms with Gasteiger partial charge in [-0.15, -0.1) is 0 Å². The van der Waals surface area contributed by atoms with E-state index in [-0.39, 0.29) is 18.0 Å². The molecule has 3 aliphatic heterocycles. The van der Waals surface area contributed by atoms with Gasteiger partial charge in [0.05, 0.1) is 25.4 Å². The van der Waals surface area contributed by atoms with E-state index in [0.717, 1.165) is 55.1 Å². The first-order valence-electron chi connectivity index (χ1n) is 15.2. The largest absolute Gasteiger partial charge is 0.494 e. The van der Waals surface area contributed by atoms with E-state index in [1.54, 1.807) is 23.1 Å². The van der Waals surface area contributed by atoms with Crippen LogP contribution in [0.15, 0.2) is 67.4 Å². The van der Waals surface area contributed by atoms with E-state index in [0.29, 0.717) is 50.1 Å². The number of benzene rings is 2. The minimum atomic E-state index is -0.215. The average molecular weight is 597 g/mol. The Hall–Kier alpha value is -4.64. The van der Waals surface area contributed by atoms with Gasteiger partial charge in [-0.3, -0.25) is 9.69 Å². The minimum Gasteiger partial charge on any atom is -0.494 e. The van der Waals surface area contributed by atoms with Crippen molar-refractivity contribution < 1.29 is 14.3 Å². The smallest absolute Gasteiger partial charge is 0.326 e. The molecule has 3 aliphatic rings. The maximum Gasteiger partial charge on any atom is 0.326 e. The van der Waals surface area contributed by atoms with Crippen molar-refractivity contribution in [1.82, 2.24) is 24.7 Å². The van der Waals surface area contributed by atoms with E-state index in [1.165, 1.54) is 6.08 Å². The van der Waals surface area contributed by atoms with Crippen molar-refractivity contribution >= 4 is 35.1 Å². The fourth-order valence-corrected chi connectivity index (χ4v) is 6.24. The Morgan fingerprint density at radius 2 is 1.95 bits per heavy atom. The molecule has 3 aromatic rings. The third-order valence-corrected chi connectivity index (χ3v) is 8.65. The van der Waals surface area contributed by atoms with Gasteiger partial charge in [0.2, 0.25) is 11.9 Å². The van der Waals surface area contributed by atoms with E-state index < -0.39 is 0 Å². The van der Waals surface area contributed by atoms with Crippen LogP contribution in [0.1, 0.15) is 24.0 Å². The molecule has 230 valence electrons. The molecule has 11 nitrogen and oxygen atoms in total. The second kappa shape index (κ2) is 12.9. The third kappa shape index (κ3) is 6.19. The predicted octanol–water partition coefficient (Wildman–Crippen LogP) is 4.10. The van der Waals surface area contributed by atoms with E-state index in [9.17, 15) is 9.59 Å². The molecule has 0 saturated carbocycles. The molecule has 0 aliphatic carbocycles. The van der Waals surface area contributed by atoms with Crippen molar-refractivity contribution in [3.05, 3.63) is 78.5 Å². The van der Waals surface area contributed by atoms with E-state index in [4.69, 9.17) is 9.72 Å². The van der Waals surface area contributed by atoms with E-state index >= 15 is 0 Å². The number of ether oxygens (including phenoxy) is 1. The lowest BCUT2D eigenvalue weighted by Gasteiger charge is -2.39. The summed E-state index contributed by atoms with van der Waals surface area (Å²) in [5.74, 6) is 1.50. The molecule has 1 N–H and O–H groups in total. The highest BCUT2D eigenvalue weighted by Gasteiger charge is 2.40. The summed E-state index contributed by atoms with van der Waals surface area (Å²) in [6, 6.07) is 15.7. The van der Waals surface area contributed by atoms with Gasteiger partial charge in [0, 0.05) is 62.8 Å². The number of carbonyl (C=O) groups excluding carboxylic acids is 2. The van der Waals surface area contributed by atoms with Crippen LogP contribution in [0, 0.1) is 0 Å². The maximum absolute atomic E-state index is 14.0. The number of anilines is 4. The molecule has 2 aromatic carbocycles. The van der Waals surface area contributed by atoms with Crippen LogP contribution in [0.3, 0.4) is 0 Å². The number of urea groups is 1. The summed E-state index contributed by atoms with van der Waals surface area (Å²) in [5, 5.41) is 3.33. The van der Waals surface area contributed by atoms with Gasteiger partial charge >= 0.3 is 6.03 Å². The Kier molecular flexibility index (Phi) is 8.65. The third-order valence-electron chi connectivity index (χ3n) is 8.65. The number of aromatic nitrogens is 2. The van der Waals surface area contributed by atoms with Crippen molar-refractivity contribution in [2.75, 3.05) is 68.5 Å². The Morgan fingerprint density at radius 1 is 1.11 bits per heavy atom. The summed E-state index contributed by atoms with van der Waals surface area (Å²) in [7, 11) is 3.82. The van der Waals surface area contributed by atoms with Gasteiger partial charge in [-0.05, 0) is 50.2 Å². The molecule has 6 rings (SSSR count). The first-order valence-corrected chi connectivity index (χ1v) is 15.2. The molecule has 0 radical (unpaired) electrons. The molecule has 0 spiro atoms. The van der Waals surface area contributed by atoms with Gasteiger partial charge in [0.15, 0.2) is 0 Å². The van der Waals surface area contributed by atoms with Crippen molar-refractivity contribution in [3.8, 4) is 5.75 Å². The van der Waals surface area contributed by atoms with Crippen molar-refractivity contribution in [2.45, 2.75) is 32.0 Å². The Balaban J connectivity index is 1.28. The SMILES string of the molecule is C=CC(=O)N1CC[C@H](N2C(=O)N(Cc3ccccc3)Cc3cnc(Nc4ccc(N5CCCN(C)CC5)cc4OC)nc32)C1. The van der Waals surface area contributed by atoms with Crippen LogP contribution in [0.2, 0.25) is 0 Å². The molecular weight excluding hydrogens is 556 g/mol. The summed E-state index contributed by atoms with van der Waals surface area (Å²) < 4.78 is 5.78. The number of rotatable bonds is 8. The van der Waals surface area contributed by atoms with Gasteiger partial charge in [0.25, 0.3) is 0 Å². The van der Waals surface area contributed by atoms with Crippen molar-refractivity contribution in [2.24, 2.45) is 0 Å². The molecule has 4 heterocycles. The number of fused-ring (bicyclic) bond motifs is 1.